The molecule has 94 valence electrons. The Morgan fingerprint density at radius 1 is 1.24 bits per heavy atom. The molecule has 1 saturated heterocycles. The molecule has 1 aromatic heterocycles. The van der Waals surface area contributed by atoms with Crippen LogP contribution in [-0.2, 0) is 6.54 Å². The lowest BCUT2D eigenvalue weighted by Gasteiger charge is -2.48. The number of pyridine rings is 1. The van der Waals surface area contributed by atoms with Crippen molar-refractivity contribution in [2.24, 2.45) is 0 Å². The summed E-state index contributed by atoms with van der Waals surface area (Å²) in [7, 11) is 0. The Bertz CT molecular complexity index is 354. The molecule has 0 aliphatic carbocycles. The fraction of sp³-hybridized carbons (Fsp3) is 0.643. The highest BCUT2D eigenvalue weighted by molar-refractivity contribution is 5.09. The third-order valence-electron chi connectivity index (χ3n) is 3.04. The summed E-state index contributed by atoms with van der Waals surface area (Å²) < 4.78 is 0. The van der Waals surface area contributed by atoms with Gasteiger partial charge in [-0.2, -0.15) is 0 Å². The highest BCUT2D eigenvalue weighted by Gasteiger charge is 2.36. The largest absolute Gasteiger partial charge is 0.304 e. The standard InChI is InChI=1S/C14H23N3/c1-13(2)10-17(11-14(3,4)16-13)9-12-6-5-7-15-8-12/h5-8,16H,9-11H2,1-4H3. The van der Waals surface area contributed by atoms with Gasteiger partial charge in [-0.3, -0.25) is 9.88 Å². The Balaban J connectivity index is 2.06. The zero-order chi connectivity index (χ0) is 12.5. The normalized spacial score (nSPS) is 23.5. The number of hydrogen-bond acceptors (Lipinski definition) is 3. The molecule has 0 saturated carbocycles. The third-order valence-corrected chi connectivity index (χ3v) is 3.04. The smallest absolute Gasteiger partial charge is 0.0312 e. The van der Waals surface area contributed by atoms with Crippen LogP contribution in [0.25, 0.3) is 0 Å². The summed E-state index contributed by atoms with van der Waals surface area (Å²) >= 11 is 0. The predicted molar refractivity (Wildman–Crippen MR) is 70.8 cm³/mol. The van der Waals surface area contributed by atoms with Crippen molar-refractivity contribution in [3.8, 4) is 0 Å². The summed E-state index contributed by atoms with van der Waals surface area (Å²) in [4.78, 5) is 6.69. The Morgan fingerprint density at radius 3 is 2.41 bits per heavy atom. The van der Waals surface area contributed by atoms with Crippen LogP contribution in [-0.4, -0.2) is 34.1 Å². The van der Waals surface area contributed by atoms with Crippen LogP contribution in [0.3, 0.4) is 0 Å². The van der Waals surface area contributed by atoms with Crippen molar-refractivity contribution in [1.29, 1.82) is 0 Å². The maximum Gasteiger partial charge on any atom is 0.0312 e. The third kappa shape index (κ3) is 3.51. The zero-order valence-electron chi connectivity index (χ0n) is 11.3. The van der Waals surface area contributed by atoms with E-state index in [9.17, 15) is 0 Å². The fourth-order valence-electron chi connectivity index (χ4n) is 3.03. The van der Waals surface area contributed by atoms with E-state index in [2.05, 4.69) is 49.0 Å². The highest BCUT2D eigenvalue weighted by atomic mass is 15.3. The Morgan fingerprint density at radius 2 is 1.88 bits per heavy atom. The molecule has 1 aliphatic heterocycles. The predicted octanol–water partition coefficient (Wildman–Crippen LogP) is 2.04. The van der Waals surface area contributed by atoms with E-state index in [0.29, 0.717) is 0 Å². The van der Waals surface area contributed by atoms with Crippen LogP contribution in [0.5, 0.6) is 0 Å². The molecule has 1 N–H and O–H groups in total. The van der Waals surface area contributed by atoms with Gasteiger partial charge in [-0.05, 0) is 39.3 Å². The molecule has 17 heavy (non-hydrogen) atoms. The molecule has 0 radical (unpaired) electrons. The van der Waals surface area contributed by atoms with E-state index in [1.54, 1.807) is 0 Å². The molecule has 0 unspecified atom stereocenters. The van der Waals surface area contributed by atoms with Crippen molar-refractivity contribution in [2.45, 2.75) is 45.3 Å². The topological polar surface area (TPSA) is 28.2 Å². The molecule has 0 bridgehead atoms. The van der Waals surface area contributed by atoms with Crippen LogP contribution in [0.2, 0.25) is 0 Å². The van der Waals surface area contributed by atoms with Crippen LogP contribution >= 0.6 is 0 Å². The van der Waals surface area contributed by atoms with Gasteiger partial charge >= 0.3 is 0 Å². The van der Waals surface area contributed by atoms with E-state index in [4.69, 9.17) is 0 Å². The molecule has 0 atom stereocenters. The van der Waals surface area contributed by atoms with Gasteiger partial charge in [0.25, 0.3) is 0 Å². The lowest BCUT2D eigenvalue weighted by Crippen LogP contribution is -2.66. The molecule has 0 aromatic carbocycles. The van der Waals surface area contributed by atoms with Crippen LogP contribution in [0, 0.1) is 0 Å². The molecule has 2 heterocycles. The first-order valence-electron chi connectivity index (χ1n) is 6.27. The van der Waals surface area contributed by atoms with Crippen molar-refractivity contribution in [3.05, 3.63) is 30.1 Å². The van der Waals surface area contributed by atoms with Gasteiger partial charge in [0, 0.05) is 43.1 Å². The molecular formula is C14H23N3. The van der Waals surface area contributed by atoms with Gasteiger partial charge in [0.2, 0.25) is 0 Å². The van der Waals surface area contributed by atoms with Crippen molar-refractivity contribution in [1.82, 2.24) is 15.2 Å². The first kappa shape index (κ1) is 12.5. The summed E-state index contributed by atoms with van der Waals surface area (Å²) in [6.07, 6.45) is 3.79. The Kier molecular flexibility index (Phi) is 3.23. The van der Waals surface area contributed by atoms with Crippen LogP contribution < -0.4 is 5.32 Å². The second kappa shape index (κ2) is 4.39. The van der Waals surface area contributed by atoms with Crippen LogP contribution in [0.1, 0.15) is 33.3 Å². The monoisotopic (exact) mass is 233 g/mol. The van der Waals surface area contributed by atoms with E-state index in [0.717, 1.165) is 19.6 Å². The molecule has 1 aromatic rings. The minimum Gasteiger partial charge on any atom is -0.304 e. The van der Waals surface area contributed by atoms with Gasteiger partial charge in [-0.15, -0.1) is 0 Å². The number of aromatic nitrogens is 1. The molecule has 2 rings (SSSR count). The summed E-state index contributed by atoms with van der Waals surface area (Å²) in [5.41, 5.74) is 1.63. The maximum absolute atomic E-state index is 4.18. The highest BCUT2D eigenvalue weighted by Crippen LogP contribution is 2.22. The Labute approximate surface area is 104 Å². The SMILES string of the molecule is CC1(C)CN(Cc2cccnc2)CC(C)(C)N1. The van der Waals surface area contributed by atoms with Crippen LogP contribution in [0.4, 0.5) is 0 Å². The molecular weight excluding hydrogens is 210 g/mol. The van der Waals surface area contributed by atoms with E-state index in [1.807, 2.05) is 18.5 Å². The molecule has 0 amide bonds. The number of nitrogens with zero attached hydrogens (tertiary/aromatic N) is 2. The molecule has 1 aliphatic rings. The van der Waals surface area contributed by atoms with Crippen molar-refractivity contribution >= 4 is 0 Å². The minimum absolute atomic E-state index is 0.171. The van der Waals surface area contributed by atoms with E-state index >= 15 is 0 Å². The van der Waals surface area contributed by atoms with Gasteiger partial charge in [0.05, 0.1) is 0 Å². The van der Waals surface area contributed by atoms with Crippen molar-refractivity contribution in [2.75, 3.05) is 13.1 Å². The average Bonchev–Trinajstić information content (AvgIpc) is 2.13. The summed E-state index contributed by atoms with van der Waals surface area (Å²) in [5, 5.41) is 3.69. The summed E-state index contributed by atoms with van der Waals surface area (Å²) in [5.74, 6) is 0. The van der Waals surface area contributed by atoms with Gasteiger partial charge in [0.1, 0.15) is 0 Å². The number of hydrogen-bond donors (Lipinski definition) is 1. The number of piperazine rings is 1. The molecule has 3 heteroatoms. The maximum atomic E-state index is 4.18. The zero-order valence-corrected chi connectivity index (χ0v) is 11.3. The first-order chi connectivity index (χ1) is 7.86. The van der Waals surface area contributed by atoms with Crippen molar-refractivity contribution in [3.63, 3.8) is 0 Å². The first-order valence-corrected chi connectivity index (χ1v) is 6.27. The van der Waals surface area contributed by atoms with Gasteiger partial charge in [-0.1, -0.05) is 6.07 Å². The lowest BCUT2D eigenvalue weighted by molar-refractivity contribution is 0.0728. The number of rotatable bonds is 2. The van der Waals surface area contributed by atoms with E-state index in [1.165, 1.54) is 5.56 Å². The second-order valence-electron chi connectivity index (χ2n) is 6.40. The van der Waals surface area contributed by atoms with Gasteiger partial charge < -0.3 is 5.32 Å². The molecule has 1 fully saturated rings. The second-order valence-corrected chi connectivity index (χ2v) is 6.40. The minimum atomic E-state index is 0.171. The summed E-state index contributed by atoms with van der Waals surface area (Å²) in [6, 6.07) is 4.16. The summed E-state index contributed by atoms with van der Waals surface area (Å²) in [6.45, 7) is 12.2. The Hall–Kier alpha value is -0.930. The molecule has 0 spiro atoms. The van der Waals surface area contributed by atoms with Crippen molar-refractivity contribution < 1.29 is 0 Å². The van der Waals surface area contributed by atoms with Crippen LogP contribution in [0.15, 0.2) is 24.5 Å². The lowest BCUT2D eigenvalue weighted by atomic mass is 9.91. The van der Waals surface area contributed by atoms with Gasteiger partial charge in [0.15, 0.2) is 0 Å². The average molecular weight is 233 g/mol. The molecule has 3 nitrogen and oxygen atoms in total. The van der Waals surface area contributed by atoms with Gasteiger partial charge in [-0.25, -0.2) is 0 Å². The van der Waals surface area contributed by atoms with E-state index < -0.39 is 0 Å². The number of nitrogens with one attached hydrogen (secondary N) is 1. The fourth-order valence-corrected chi connectivity index (χ4v) is 3.03. The van der Waals surface area contributed by atoms with E-state index in [-0.39, 0.29) is 11.1 Å². The quantitative estimate of drug-likeness (QED) is 0.847.